The molecule has 0 heterocycles. The minimum absolute atomic E-state index is 0.00917. The summed E-state index contributed by atoms with van der Waals surface area (Å²) >= 11 is 4.70. The highest BCUT2D eigenvalue weighted by atomic mass is 32.1. The van der Waals surface area contributed by atoms with E-state index in [0.29, 0.717) is 0 Å². The molecule has 0 unspecified atom stereocenters. The summed E-state index contributed by atoms with van der Waals surface area (Å²) in [6, 6.07) is 1.88. The Morgan fingerprint density at radius 1 is 1.43 bits per heavy atom. The van der Waals surface area contributed by atoms with Gasteiger partial charge in [0.2, 0.25) is 0 Å². The molecule has 4 heteroatoms. The van der Waals surface area contributed by atoms with E-state index in [2.05, 4.69) is 0 Å². The Bertz CT molecular complexity index is 276. The van der Waals surface area contributed by atoms with Crippen molar-refractivity contribution in [2.24, 2.45) is 17.6 Å². The molecular formula is C10H14N2OS. The number of hydrogen-bond acceptors (Lipinski definition) is 3. The summed E-state index contributed by atoms with van der Waals surface area (Å²) in [4.78, 5) is 11.8. The highest BCUT2D eigenvalue weighted by molar-refractivity contribution is 7.80. The lowest BCUT2D eigenvalue weighted by molar-refractivity contribution is -0.124. The molecule has 0 aromatic heterocycles. The molecule has 0 aromatic rings. The van der Waals surface area contributed by atoms with E-state index >= 15 is 0 Å². The number of carbonyl (C=O) groups is 1. The number of thiocarbonyl (C=S) groups is 1. The molecule has 1 fully saturated rings. The first-order valence-corrected chi connectivity index (χ1v) is 5.30. The molecule has 0 aromatic carbocycles. The predicted octanol–water partition coefficient (Wildman–Crippen LogP) is 1.56. The smallest absolute Gasteiger partial charge is 0.159 e. The van der Waals surface area contributed by atoms with Gasteiger partial charge in [-0.2, -0.15) is 5.26 Å². The van der Waals surface area contributed by atoms with Gasteiger partial charge < -0.3 is 5.73 Å². The van der Waals surface area contributed by atoms with E-state index in [1.54, 1.807) is 0 Å². The van der Waals surface area contributed by atoms with Crippen LogP contribution in [0.1, 0.15) is 32.1 Å². The van der Waals surface area contributed by atoms with Crippen LogP contribution in [0, 0.1) is 23.2 Å². The second-order valence-electron chi connectivity index (χ2n) is 3.70. The van der Waals surface area contributed by atoms with Gasteiger partial charge in [0, 0.05) is 5.92 Å². The van der Waals surface area contributed by atoms with Gasteiger partial charge in [0.05, 0.1) is 11.1 Å². The number of carbonyl (C=O) groups excluding carboxylic acids is 1. The Kier molecular flexibility index (Phi) is 4.02. The van der Waals surface area contributed by atoms with Crippen molar-refractivity contribution >= 4 is 23.0 Å². The summed E-state index contributed by atoms with van der Waals surface area (Å²) in [5.74, 6) is -0.928. The normalized spacial score (nSPS) is 19.6. The fourth-order valence-corrected chi connectivity index (χ4v) is 2.06. The predicted molar refractivity (Wildman–Crippen MR) is 57.5 cm³/mol. The number of nitriles is 1. The summed E-state index contributed by atoms with van der Waals surface area (Å²) in [6.07, 6.45) is 5.12. The molecule has 2 N–H and O–H groups in total. The number of nitrogens with zero attached hydrogens (tertiary/aromatic N) is 1. The van der Waals surface area contributed by atoms with Gasteiger partial charge in [0.1, 0.15) is 0 Å². The molecule has 0 bridgehead atoms. The molecule has 76 valence electrons. The molecule has 0 spiro atoms. The van der Waals surface area contributed by atoms with E-state index in [-0.39, 0.29) is 16.7 Å². The van der Waals surface area contributed by atoms with Gasteiger partial charge >= 0.3 is 0 Å². The van der Waals surface area contributed by atoms with E-state index < -0.39 is 5.92 Å². The van der Waals surface area contributed by atoms with E-state index in [0.717, 1.165) is 25.7 Å². The number of Topliss-reactive ketones (excluding diaryl/α,β-unsaturated/α-hetero) is 1. The van der Waals surface area contributed by atoms with Crippen LogP contribution < -0.4 is 5.73 Å². The maximum Gasteiger partial charge on any atom is 0.159 e. The lowest BCUT2D eigenvalue weighted by Crippen LogP contribution is -2.33. The van der Waals surface area contributed by atoms with E-state index in [9.17, 15) is 4.79 Å². The van der Waals surface area contributed by atoms with Gasteiger partial charge in [0.15, 0.2) is 11.7 Å². The van der Waals surface area contributed by atoms with Gasteiger partial charge in [-0.25, -0.2) is 0 Å². The molecule has 0 saturated heterocycles. The molecule has 1 aliphatic carbocycles. The summed E-state index contributed by atoms with van der Waals surface area (Å²) < 4.78 is 0. The Hall–Kier alpha value is -0.950. The number of ketones is 1. The standard InChI is InChI=1S/C10H14N2OS/c11-6-8(10(12)14)9(13)7-4-2-1-3-5-7/h7-8H,1-5H2,(H2,12,14)/t8-/m1/s1. The molecule has 3 nitrogen and oxygen atoms in total. The van der Waals surface area contributed by atoms with Gasteiger partial charge in [-0.1, -0.05) is 31.5 Å². The van der Waals surface area contributed by atoms with Crippen LogP contribution in [0.4, 0.5) is 0 Å². The molecule has 1 saturated carbocycles. The first-order chi connectivity index (χ1) is 6.66. The molecule has 1 atom stereocenters. The summed E-state index contributed by atoms with van der Waals surface area (Å²) in [5, 5.41) is 8.76. The van der Waals surface area contributed by atoms with E-state index in [1.807, 2.05) is 6.07 Å². The Balaban J connectivity index is 2.62. The van der Waals surface area contributed by atoms with Gasteiger partial charge in [-0.3, -0.25) is 4.79 Å². The number of nitrogens with two attached hydrogens (primary N) is 1. The van der Waals surface area contributed by atoms with Crippen molar-refractivity contribution < 1.29 is 4.79 Å². The summed E-state index contributed by atoms with van der Waals surface area (Å²) in [5.41, 5.74) is 5.34. The zero-order chi connectivity index (χ0) is 10.6. The van der Waals surface area contributed by atoms with Gasteiger partial charge in [0.25, 0.3) is 0 Å². The van der Waals surface area contributed by atoms with Crippen molar-refractivity contribution in [1.29, 1.82) is 5.26 Å². The van der Waals surface area contributed by atoms with Crippen LogP contribution in [0.15, 0.2) is 0 Å². The molecule has 1 rings (SSSR count). The SMILES string of the molecule is N#C[C@H](C(=O)C1CCCCC1)C(N)=S. The average Bonchev–Trinajstić information content (AvgIpc) is 2.19. The van der Waals surface area contributed by atoms with E-state index in [4.69, 9.17) is 23.2 Å². The molecule has 1 aliphatic rings. The second kappa shape index (κ2) is 5.06. The highest BCUT2D eigenvalue weighted by Gasteiger charge is 2.29. The number of rotatable bonds is 3. The van der Waals surface area contributed by atoms with Crippen LogP contribution in [-0.4, -0.2) is 10.8 Å². The maximum absolute atomic E-state index is 11.8. The largest absolute Gasteiger partial charge is 0.392 e. The lowest BCUT2D eigenvalue weighted by Gasteiger charge is -2.21. The summed E-state index contributed by atoms with van der Waals surface area (Å²) in [7, 11) is 0. The van der Waals surface area contributed by atoms with Crippen molar-refractivity contribution in [3.05, 3.63) is 0 Å². The fourth-order valence-electron chi connectivity index (χ4n) is 1.89. The third-order valence-electron chi connectivity index (χ3n) is 2.71. The van der Waals surface area contributed by atoms with E-state index in [1.165, 1.54) is 6.42 Å². The van der Waals surface area contributed by atoms with Crippen molar-refractivity contribution in [3.63, 3.8) is 0 Å². The lowest BCUT2D eigenvalue weighted by atomic mass is 9.82. The van der Waals surface area contributed by atoms with Crippen molar-refractivity contribution in [2.75, 3.05) is 0 Å². The zero-order valence-corrected chi connectivity index (χ0v) is 8.85. The van der Waals surface area contributed by atoms with Crippen molar-refractivity contribution in [3.8, 4) is 6.07 Å². The van der Waals surface area contributed by atoms with Crippen LogP contribution in [0.25, 0.3) is 0 Å². The van der Waals surface area contributed by atoms with Crippen LogP contribution >= 0.6 is 12.2 Å². The minimum atomic E-state index is -0.867. The second-order valence-corrected chi connectivity index (χ2v) is 4.17. The van der Waals surface area contributed by atoms with Gasteiger partial charge in [-0.05, 0) is 12.8 Å². The minimum Gasteiger partial charge on any atom is -0.392 e. The van der Waals surface area contributed by atoms with Gasteiger partial charge in [-0.15, -0.1) is 0 Å². The molecule has 0 radical (unpaired) electrons. The van der Waals surface area contributed by atoms with Crippen LogP contribution in [0.2, 0.25) is 0 Å². The first-order valence-electron chi connectivity index (χ1n) is 4.89. The van der Waals surface area contributed by atoms with Crippen LogP contribution in [0.5, 0.6) is 0 Å². The fraction of sp³-hybridized carbons (Fsp3) is 0.700. The Labute approximate surface area is 89.3 Å². The first kappa shape index (κ1) is 11.1. The van der Waals surface area contributed by atoms with Crippen LogP contribution in [-0.2, 0) is 4.79 Å². The third kappa shape index (κ3) is 2.52. The molecule has 0 amide bonds. The zero-order valence-electron chi connectivity index (χ0n) is 8.03. The summed E-state index contributed by atoms with van der Waals surface area (Å²) in [6.45, 7) is 0. The van der Waals surface area contributed by atoms with Crippen molar-refractivity contribution in [2.45, 2.75) is 32.1 Å². The quantitative estimate of drug-likeness (QED) is 0.718. The topological polar surface area (TPSA) is 66.9 Å². The maximum atomic E-state index is 11.8. The monoisotopic (exact) mass is 210 g/mol. The third-order valence-corrected chi connectivity index (χ3v) is 2.94. The molecular weight excluding hydrogens is 196 g/mol. The highest BCUT2D eigenvalue weighted by Crippen LogP contribution is 2.26. The molecule has 14 heavy (non-hydrogen) atoms. The Morgan fingerprint density at radius 3 is 2.43 bits per heavy atom. The average molecular weight is 210 g/mol. The van der Waals surface area contributed by atoms with Crippen molar-refractivity contribution in [1.82, 2.24) is 0 Å². The number of hydrogen-bond donors (Lipinski definition) is 1. The Morgan fingerprint density at radius 2 is 2.00 bits per heavy atom. The molecule has 0 aliphatic heterocycles. The van der Waals surface area contributed by atoms with Crippen LogP contribution in [0.3, 0.4) is 0 Å².